The van der Waals surface area contributed by atoms with Gasteiger partial charge >= 0.3 is 6.13 Å². The van der Waals surface area contributed by atoms with Gasteiger partial charge in [0, 0.05) is 21.6 Å². The van der Waals surface area contributed by atoms with Crippen LogP contribution < -0.4 is 0 Å². The fourth-order valence-corrected chi connectivity index (χ4v) is 4.77. The molecule has 1 atom stereocenters. The quantitative estimate of drug-likeness (QED) is 0.479. The standard InChI is InChI=1S/C4H12OPS2/c1-3-8(4-2)6(5)7/h5,7H,3-4H2,1-2H3/q+1. The number of thiol groups is 1. The van der Waals surface area contributed by atoms with Gasteiger partial charge < -0.3 is 0 Å². The average molecular weight is 171 g/mol. The lowest BCUT2D eigenvalue weighted by molar-refractivity contribution is 0.658. The van der Waals surface area contributed by atoms with Crippen molar-refractivity contribution in [1.29, 1.82) is 0 Å². The Labute approximate surface area is 59.1 Å². The van der Waals surface area contributed by atoms with E-state index < -0.39 is 6.13 Å². The van der Waals surface area contributed by atoms with E-state index in [1.165, 1.54) is 0 Å². The van der Waals surface area contributed by atoms with Crippen LogP contribution in [0.15, 0.2) is 0 Å². The maximum absolute atomic E-state index is 8.95. The summed E-state index contributed by atoms with van der Waals surface area (Å²) in [5.74, 6) is 2.14. The second kappa shape index (κ2) is 4.80. The summed E-state index contributed by atoms with van der Waals surface area (Å²) in [6.07, 6.45) is -0.942. The van der Waals surface area contributed by atoms with Crippen molar-refractivity contribution in [3.8, 4) is 0 Å². The van der Waals surface area contributed by atoms with Crippen molar-refractivity contribution in [2.45, 2.75) is 13.8 Å². The van der Waals surface area contributed by atoms with Crippen molar-refractivity contribution in [2.75, 3.05) is 11.5 Å². The van der Waals surface area contributed by atoms with E-state index in [0.29, 0.717) is 0 Å². The summed E-state index contributed by atoms with van der Waals surface area (Å²) in [5, 5.41) is 0. The van der Waals surface area contributed by atoms with Gasteiger partial charge in [-0.2, -0.15) is 4.89 Å². The number of hydrogen-bond donors (Lipinski definition) is 2. The van der Waals surface area contributed by atoms with Crippen LogP contribution in [0.3, 0.4) is 0 Å². The van der Waals surface area contributed by atoms with E-state index in [1.54, 1.807) is 0 Å². The molecule has 50 valence electrons. The lowest BCUT2D eigenvalue weighted by atomic mass is 11.0. The summed E-state index contributed by atoms with van der Waals surface area (Å²) in [6.45, 7) is 4.18. The molecule has 8 heavy (non-hydrogen) atoms. The minimum Gasteiger partial charge on any atom is -0.178 e. The monoisotopic (exact) mass is 171 g/mol. The third-order valence-electron chi connectivity index (χ3n) is 0.897. The molecule has 0 aromatic carbocycles. The van der Waals surface area contributed by atoms with E-state index in [1.807, 2.05) is 0 Å². The van der Waals surface area contributed by atoms with Crippen LogP contribution in [-0.2, 0) is 10.1 Å². The highest BCUT2D eigenvalue weighted by molar-refractivity contribution is 8.60. The van der Waals surface area contributed by atoms with Crippen molar-refractivity contribution in [2.24, 2.45) is 0 Å². The molecule has 0 amide bonds. The third kappa shape index (κ3) is 3.08. The largest absolute Gasteiger partial charge is 0.353 e. The second-order valence-corrected chi connectivity index (χ2v) is 8.41. The van der Waals surface area contributed by atoms with Crippen molar-refractivity contribution in [1.82, 2.24) is 0 Å². The summed E-state index contributed by atoms with van der Waals surface area (Å²) in [7, 11) is 0.194. The molecule has 0 saturated heterocycles. The Morgan fingerprint density at radius 2 is 1.88 bits per heavy atom. The van der Waals surface area contributed by atoms with Gasteiger partial charge in [-0.05, 0) is 0 Å². The molecule has 4 heteroatoms. The van der Waals surface area contributed by atoms with Gasteiger partial charge in [0.1, 0.15) is 12.2 Å². The highest BCUT2D eigenvalue weighted by Gasteiger charge is 2.04. The molecule has 0 aromatic rings. The molecular formula is C4H12OPS2+. The van der Waals surface area contributed by atoms with Crippen LogP contribution >= 0.6 is 18.4 Å². The summed E-state index contributed by atoms with van der Waals surface area (Å²) in [5.41, 5.74) is 0. The van der Waals surface area contributed by atoms with Gasteiger partial charge in [0.15, 0.2) is 0 Å². The average Bonchev–Trinajstić information content (AvgIpc) is 1.69. The van der Waals surface area contributed by atoms with E-state index in [4.69, 9.17) is 4.89 Å². The molecule has 0 heterocycles. The van der Waals surface area contributed by atoms with E-state index in [2.05, 4.69) is 26.1 Å². The molecular weight excluding hydrogens is 159 g/mol. The Balaban J connectivity index is 3.86. The smallest absolute Gasteiger partial charge is 0.178 e. The SMILES string of the molecule is CCS(CC)=[P+](O)S. The highest BCUT2D eigenvalue weighted by Crippen LogP contribution is 2.27. The Hall–Kier alpha value is 0.960. The molecule has 1 unspecified atom stereocenters. The van der Waals surface area contributed by atoms with Gasteiger partial charge in [0.25, 0.3) is 0 Å². The number of hydrogen-bond acceptors (Lipinski definition) is 0. The van der Waals surface area contributed by atoms with Gasteiger partial charge in [0.2, 0.25) is 0 Å². The highest BCUT2D eigenvalue weighted by atomic mass is 32.9. The molecule has 0 aromatic heterocycles. The Bertz CT molecular complexity index is 92.2. The molecule has 0 spiro atoms. The maximum Gasteiger partial charge on any atom is 0.353 e. The second-order valence-electron chi connectivity index (χ2n) is 1.29. The van der Waals surface area contributed by atoms with Crippen LogP contribution in [0, 0.1) is 0 Å². The zero-order valence-corrected chi connectivity index (χ0v) is 7.77. The van der Waals surface area contributed by atoms with Crippen LogP contribution in [0.25, 0.3) is 0 Å². The molecule has 0 aliphatic carbocycles. The van der Waals surface area contributed by atoms with E-state index in [0.717, 1.165) is 11.5 Å². The molecule has 0 aliphatic heterocycles. The van der Waals surface area contributed by atoms with E-state index >= 15 is 0 Å². The Morgan fingerprint density at radius 3 is 1.88 bits per heavy atom. The van der Waals surface area contributed by atoms with Crippen molar-refractivity contribution >= 4 is 28.4 Å². The van der Waals surface area contributed by atoms with Crippen molar-refractivity contribution in [3.05, 3.63) is 0 Å². The molecule has 0 aliphatic rings. The van der Waals surface area contributed by atoms with Gasteiger partial charge in [0.05, 0.1) is 0 Å². The Kier molecular flexibility index (Phi) is 5.38. The lowest BCUT2D eigenvalue weighted by Gasteiger charge is -1.88. The van der Waals surface area contributed by atoms with E-state index in [-0.39, 0.29) is 10.1 Å². The molecule has 1 N–H and O–H groups in total. The topological polar surface area (TPSA) is 20.2 Å². The van der Waals surface area contributed by atoms with Crippen LogP contribution in [0.2, 0.25) is 0 Å². The predicted molar refractivity (Wildman–Crippen MR) is 46.6 cm³/mol. The molecule has 0 rings (SSSR count). The van der Waals surface area contributed by atoms with Crippen LogP contribution in [0.4, 0.5) is 0 Å². The zero-order chi connectivity index (χ0) is 6.57. The third-order valence-corrected chi connectivity index (χ3v) is 7.71. The molecule has 0 radical (unpaired) electrons. The maximum atomic E-state index is 8.95. The minimum atomic E-state index is -0.942. The first-order chi connectivity index (χ1) is 3.72. The zero-order valence-electron chi connectivity index (χ0n) is 5.16. The number of rotatable bonds is 2. The van der Waals surface area contributed by atoms with Gasteiger partial charge in [-0.1, -0.05) is 13.8 Å². The first kappa shape index (κ1) is 8.96. The summed E-state index contributed by atoms with van der Waals surface area (Å²) in [4.78, 5) is 8.95. The first-order valence-electron chi connectivity index (χ1n) is 2.57. The van der Waals surface area contributed by atoms with Crippen molar-refractivity contribution in [3.63, 3.8) is 0 Å². The molecule has 0 saturated carbocycles. The molecule has 1 nitrogen and oxygen atoms in total. The minimum absolute atomic E-state index is 0.194. The van der Waals surface area contributed by atoms with E-state index in [9.17, 15) is 0 Å². The molecule has 0 bridgehead atoms. The molecule has 0 fully saturated rings. The summed E-state index contributed by atoms with van der Waals surface area (Å²) in [6, 6.07) is 0. The van der Waals surface area contributed by atoms with Crippen LogP contribution in [0.1, 0.15) is 13.8 Å². The van der Waals surface area contributed by atoms with Crippen LogP contribution in [-0.4, -0.2) is 16.4 Å². The summed E-state index contributed by atoms with van der Waals surface area (Å²) < 4.78 is 0. The van der Waals surface area contributed by atoms with Gasteiger partial charge in [-0.3, -0.25) is 0 Å². The van der Waals surface area contributed by atoms with Gasteiger partial charge in [-0.15, -0.1) is 0 Å². The lowest BCUT2D eigenvalue weighted by Crippen LogP contribution is -1.91. The summed E-state index contributed by atoms with van der Waals surface area (Å²) >= 11 is 3.99. The normalized spacial score (nSPS) is 12.4. The van der Waals surface area contributed by atoms with Crippen LogP contribution in [0.5, 0.6) is 0 Å². The first-order valence-corrected chi connectivity index (χ1v) is 7.19. The Morgan fingerprint density at radius 1 is 1.50 bits per heavy atom. The van der Waals surface area contributed by atoms with Crippen molar-refractivity contribution < 1.29 is 4.89 Å². The predicted octanol–water partition coefficient (Wildman–Crippen LogP) is 1.79. The fourth-order valence-electron chi connectivity index (χ4n) is 0.435. The fraction of sp³-hybridized carbons (Fsp3) is 1.00. The van der Waals surface area contributed by atoms with Gasteiger partial charge in [-0.25, -0.2) is 0 Å².